The Morgan fingerprint density at radius 2 is 2.00 bits per heavy atom. The van der Waals surface area contributed by atoms with Crippen molar-refractivity contribution in [2.24, 2.45) is 0 Å². The topological polar surface area (TPSA) is 9.23 Å². The predicted molar refractivity (Wildman–Crippen MR) is 68.9 cm³/mol. The summed E-state index contributed by atoms with van der Waals surface area (Å²) in [5.41, 5.74) is 1.22. The van der Waals surface area contributed by atoms with Gasteiger partial charge in [-0.05, 0) is 42.9 Å². The molecule has 0 spiro atoms. The lowest BCUT2D eigenvalue weighted by Crippen LogP contribution is -1.99. The number of unbranched alkanes of at least 4 members (excludes halogenated alkanes) is 1. The number of hydrogen-bond donors (Lipinski definition) is 0. The van der Waals surface area contributed by atoms with Gasteiger partial charge in [0.25, 0.3) is 0 Å². The summed E-state index contributed by atoms with van der Waals surface area (Å²) in [6.07, 6.45) is 2.41. The highest BCUT2D eigenvalue weighted by Gasteiger charge is 1.96. The Hall–Kier alpha value is -0.630. The number of hydrogen-bond acceptors (Lipinski definition) is 2. The number of benzene rings is 1. The highest BCUT2D eigenvalue weighted by molar-refractivity contribution is 7.99. The second-order valence-electron chi connectivity index (χ2n) is 3.52. The number of thioether (sulfide) groups is 1. The quantitative estimate of drug-likeness (QED) is 0.649. The Morgan fingerprint density at radius 3 is 2.73 bits per heavy atom. The van der Waals surface area contributed by atoms with Crippen molar-refractivity contribution in [1.29, 1.82) is 0 Å². The van der Waals surface area contributed by atoms with E-state index in [1.165, 1.54) is 23.5 Å². The van der Waals surface area contributed by atoms with E-state index in [1.54, 1.807) is 0 Å². The van der Waals surface area contributed by atoms with E-state index >= 15 is 0 Å². The van der Waals surface area contributed by atoms with Gasteiger partial charge in [0, 0.05) is 0 Å². The average molecular weight is 224 g/mol. The lowest BCUT2D eigenvalue weighted by molar-refractivity contribution is 0.308. The molecule has 1 nitrogen and oxygen atoms in total. The number of ether oxygens (including phenoxy) is 1. The lowest BCUT2D eigenvalue weighted by atomic mass is 10.2. The van der Waals surface area contributed by atoms with Gasteiger partial charge in [0.05, 0.1) is 6.61 Å². The first-order valence-electron chi connectivity index (χ1n) is 5.60. The molecule has 84 valence electrons. The molecule has 0 unspecified atom stereocenters. The molecule has 1 aromatic rings. The molecule has 0 aromatic heterocycles. The Labute approximate surface area is 97.2 Å². The van der Waals surface area contributed by atoms with E-state index in [1.807, 2.05) is 30.0 Å². The van der Waals surface area contributed by atoms with Crippen molar-refractivity contribution in [1.82, 2.24) is 0 Å². The van der Waals surface area contributed by atoms with Crippen molar-refractivity contribution in [3.8, 4) is 5.75 Å². The van der Waals surface area contributed by atoms with Crippen LogP contribution in [0.25, 0.3) is 0 Å². The van der Waals surface area contributed by atoms with Gasteiger partial charge in [0.15, 0.2) is 0 Å². The fourth-order valence-electron chi connectivity index (χ4n) is 1.35. The summed E-state index contributed by atoms with van der Waals surface area (Å²) in [7, 11) is 0. The Morgan fingerprint density at radius 1 is 1.20 bits per heavy atom. The van der Waals surface area contributed by atoms with Crippen molar-refractivity contribution < 1.29 is 4.74 Å². The number of para-hydroxylation sites is 1. The zero-order valence-electron chi connectivity index (χ0n) is 9.66. The van der Waals surface area contributed by atoms with Gasteiger partial charge in [-0.2, -0.15) is 11.8 Å². The minimum atomic E-state index is 0.842. The summed E-state index contributed by atoms with van der Waals surface area (Å²) in [5.74, 6) is 3.51. The first-order chi connectivity index (χ1) is 7.34. The first kappa shape index (κ1) is 12.4. The third kappa shape index (κ3) is 5.12. The average Bonchev–Trinajstić information content (AvgIpc) is 2.25. The van der Waals surface area contributed by atoms with Gasteiger partial charge in [0.1, 0.15) is 5.75 Å². The van der Waals surface area contributed by atoms with Gasteiger partial charge in [0.2, 0.25) is 0 Å². The zero-order chi connectivity index (χ0) is 10.9. The molecule has 0 heterocycles. The minimum absolute atomic E-state index is 0.842. The van der Waals surface area contributed by atoms with Gasteiger partial charge in [-0.25, -0.2) is 0 Å². The van der Waals surface area contributed by atoms with Crippen LogP contribution in [-0.4, -0.2) is 18.1 Å². The summed E-state index contributed by atoms with van der Waals surface area (Å²) < 4.78 is 5.71. The monoisotopic (exact) mass is 224 g/mol. The van der Waals surface area contributed by atoms with Gasteiger partial charge in [-0.3, -0.25) is 0 Å². The molecule has 0 aliphatic rings. The molecule has 0 radical (unpaired) electrons. The smallest absolute Gasteiger partial charge is 0.122 e. The van der Waals surface area contributed by atoms with Crippen LogP contribution in [-0.2, 0) is 0 Å². The second kappa shape index (κ2) is 7.63. The molecule has 0 saturated heterocycles. The summed E-state index contributed by atoms with van der Waals surface area (Å²) >= 11 is 2.00. The largest absolute Gasteiger partial charge is 0.493 e. The van der Waals surface area contributed by atoms with Gasteiger partial charge in [-0.1, -0.05) is 25.1 Å². The van der Waals surface area contributed by atoms with E-state index in [9.17, 15) is 0 Å². The van der Waals surface area contributed by atoms with Gasteiger partial charge in [-0.15, -0.1) is 0 Å². The molecule has 0 amide bonds. The normalized spacial score (nSPS) is 10.3. The van der Waals surface area contributed by atoms with Crippen LogP contribution in [0.4, 0.5) is 0 Å². The lowest BCUT2D eigenvalue weighted by Gasteiger charge is -2.08. The molecule has 0 bridgehead atoms. The summed E-state index contributed by atoms with van der Waals surface area (Å²) in [6.45, 7) is 5.13. The number of rotatable bonds is 7. The Kier molecular flexibility index (Phi) is 6.33. The molecular weight excluding hydrogens is 204 g/mol. The van der Waals surface area contributed by atoms with E-state index < -0.39 is 0 Å². The third-order valence-corrected chi connectivity index (χ3v) is 3.22. The zero-order valence-corrected chi connectivity index (χ0v) is 10.5. The predicted octanol–water partition coefficient (Wildman–Crippen LogP) is 3.91. The van der Waals surface area contributed by atoms with Crippen molar-refractivity contribution in [2.75, 3.05) is 18.1 Å². The third-order valence-electron chi connectivity index (χ3n) is 2.24. The van der Waals surface area contributed by atoms with Gasteiger partial charge < -0.3 is 4.74 Å². The van der Waals surface area contributed by atoms with Crippen LogP contribution in [0.3, 0.4) is 0 Å². The van der Waals surface area contributed by atoms with Crippen LogP contribution < -0.4 is 4.74 Å². The van der Waals surface area contributed by atoms with Gasteiger partial charge >= 0.3 is 0 Å². The van der Waals surface area contributed by atoms with E-state index in [4.69, 9.17) is 4.74 Å². The van der Waals surface area contributed by atoms with E-state index in [0.29, 0.717) is 0 Å². The molecule has 0 saturated carbocycles. The molecule has 0 aliphatic carbocycles. The van der Waals surface area contributed by atoms with Crippen molar-refractivity contribution in [3.05, 3.63) is 29.8 Å². The van der Waals surface area contributed by atoms with Crippen LogP contribution in [0.1, 0.15) is 25.3 Å². The minimum Gasteiger partial charge on any atom is -0.493 e. The maximum absolute atomic E-state index is 5.71. The van der Waals surface area contributed by atoms with E-state index in [0.717, 1.165) is 18.8 Å². The number of aryl methyl sites for hydroxylation is 1. The Bertz CT molecular complexity index is 273. The highest BCUT2D eigenvalue weighted by atomic mass is 32.2. The second-order valence-corrected chi connectivity index (χ2v) is 4.91. The molecule has 2 heteroatoms. The maximum atomic E-state index is 5.71. The molecular formula is C13H20OS. The molecule has 0 aliphatic heterocycles. The molecule has 1 rings (SSSR count). The van der Waals surface area contributed by atoms with E-state index in [-0.39, 0.29) is 0 Å². The van der Waals surface area contributed by atoms with Crippen LogP contribution in [0.2, 0.25) is 0 Å². The summed E-state index contributed by atoms with van der Waals surface area (Å²) in [4.78, 5) is 0. The highest BCUT2D eigenvalue weighted by Crippen LogP contribution is 2.16. The van der Waals surface area contributed by atoms with Crippen LogP contribution in [0.5, 0.6) is 5.75 Å². The fourth-order valence-corrected chi connectivity index (χ4v) is 2.05. The van der Waals surface area contributed by atoms with Crippen molar-refractivity contribution in [2.45, 2.75) is 26.7 Å². The van der Waals surface area contributed by atoms with Crippen LogP contribution in [0, 0.1) is 6.92 Å². The SMILES string of the molecule is CCSCCCCOc1ccccc1C. The first-order valence-corrected chi connectivity index (χ1v) is 6.76. The maximum Gasteiger partial charge on any atom is 0.122 e. The molecule has 0 N–H and O–H groups in total. The molecule has 15 heavy (non-hydrogen) atoms. The Balaban J connectivity index is 2.12. The van der Waals surface area contributed by atoms with Crippen molar-refractivity contribution in [3.63, 3.8) is 0 Å². The van der Waals surface area contributed by atoms with E-state index in [2.05, 4.69) is 19.9 Å². The molecule has 0 fully saturated rings. The molecule has 0 atom stereocenters. The molecule has 1 aromatic carbocycles. The summed E-state index contributed by atoms with van der Waals surface area (Å²) in [5, 5.41) is 0. The van der Waals surface area contributed by atoms with Crippen LogP contribution in [0.15, 0.2) is 24.3 Å². The van der Waals surface area contributed by atoms with Crippen LogP contribution >= 0.6 is 11.8 Å². The van der Waals surface area contributed by atoms with Crippen molar-refractivity contribution >= 4 is 11.8 Å². The fraction of sp³-hybridized carbons (Fsp3) is 0.538. The summed E-state index contributed by atoms with van der Waals surface area (Å²) in [6, 6.07) is 8.19. The standard InChI is InChI=1S/C13H20OS/c1-3-15-11-7-6-10-14-13-9-5-4-8-12(13)2/h4-5,8-9H,3,6-7,10-11H2,1-2H3.